The molecule has 0 unspecified atom stereocenters. The van der Waals surface area contributed by atoms with Crippen molar-refractivity contribution >= 4 is 11.7 Å². The van der Waals surface area contributed by atoms with E-state index in [1.165, 1.54) is 0 Å². The van der Waals surface area contributed by atoms with Gasteiger partial charge in [-0.1, -0.05) is 0 Å². The molecule has 2 N–H and O–H groups in total. The van der Waals surface area contributed by atoms with Crippen LogP contribution in [0.2, 0.25) is 0 Å². The average molecular weight is 285 g/mol. The lowest BCUT2D eigenvalue weighted by molar-refractivity contribution is -0.123. The zero-order valence-electron chi connectivity index (χ0n) is 11.4. The molecule has 0 aliphatic carbocycles. The van der Waals surface area contributed by atoms with Crippen LogP contribution >= 0.6 is 0 Å². The van der Waals surface area contributed by atoms with E-state index < -0.39 is 28.9 Å². The van der Waals surface area contributed by atoms with Gasteiger partial charge in [-0.25, -0.2) is 8.78 Å². The molecule has 1 rings (SSSR count). The second kappa shape index (κ2) is 6.56. The zero-order chi connectivity index (χ0) is 15.3. The Hall–Kier alpha value is -1.82. The Bertz CT molecular complexity index is 515. The minimum absolute atomic E-state index is 0.126. The van der Waals surface area contributed by atoms with E-state index in [1.807, 2.05) is 0 Å². The number of aliphatic hydroxyl groups excluding tert-OH is 1. The molecule has 0 spiro atoms. The minimum atomic E-state index is -0.939. The lowest BCUT2D eigenvalue weighted by Crippen LogP contribution is -2.46. The molecule has 0 atom stereocenters. The van der Waals surface area contributed by atoms with Gasteiger partial charge in [0.15, 0.2) is 5.78 Å². The van der Waals surface area contributed by atoms with Crippen molar-refractivity contribution in [1.82, 2.24) is 5.32 Å². The van der Waals surface area contributed by atoms with Crippen molar-refractivity contribution < 1.29 is 23.5 Å². The topological polar surface area (TPSA) is 66.4 Å². The molecule has 110 valence electrons. The van der Waals surface area contributed by atoms with Crippen LogP contribution in [0.3, 0.4) is 0 Å². The summed E-state index contributed by atoms with van der Waals surface area (Å²) in [5, 5.41) is 11.5. The average Bonchev–Trinajstić information content (AvgIpc) is 2.35. The van der Waals surface area contributed by atoms with Gasteiger partial charge < -0.3 is 10.4 Å². The minimum Gasteiger partial charge on any atom is -0.394 e. The van der Waals surface area contributed by atoms with Crippen molar-refractivity contribution in [2.45, 2.75) is 32.2 Å². The summed E-state index contributed by atoms with van der Waals surface area (Å²) in [7, 11) is 0. The highest BCUT2D eigenvalue weighted by molar-refractivity contribution is 5.98. The van der Waals surface area contributed by atoms with E-state index in [9.17, 15) is 18.4 Å². The van der Waals surface area contributed by atoms with Gasteiger partial charge in [-0.2, -0.15) is 0 Å². The van der Waals surface area contributed by atoms with Gasteiger partial charge in [0.05, 0.1) is 17.7 Å². The summed E-state index contributed by atoms with van der Waals surface area (Å²) in [5.41, 5.74) is -1.01. The van der Waals surface area contributed by atoms with Crippen LogP contribution in [-0.4, -0.2) is 28.9 Å². The predicted octanol–water partition coefficient (Wildman–Crippen LogP) is 1.81. The summed E-state index contributed by atoms with van der Waals surface area (Å²) in [5.74, 6) is -2.69. The van der Waals surface area contributed by atoms with Crippen LogP contribution in [0.4, 0.5) is 8.78 Å². The fourth-order valence-electron chi connectivity index (χ4n) is 1.56. The molecule has 0 saturated heterocycles. The van der Waals surface area contributed by atoms with Gasteiger partial charge in [0.2, 0.25) is 5.91 Å². The Labute approximate surface area is 115 Å². The van der Waals surface area contributed by atoms with Crippen LogP contribution in [0.15, 0.2) is 18.2 Å². The summed E-state index contributed by atoms with van der Waals surface area (Å²) < 4.78 is 26.1. The number of carbonyl (C=O) groups excluding carboxylic acids is 2. The Kier molecular flexibility index (Phi) is 5.33. The smallest absolute Gasteiger partial charge is 0.220 e. The molecular weight excluding hydrogens is 268 g/mol. The monoisotopic (exact) mass is 285 g/mol. The van der Waals surface area contributed by atoms with Crippen LogP contribution in [0, 0.1) is 11.6 Å². The molecule has 0 heterocycles. The largest absolute Gasteiger partial charge is 0.394 e. The van der Waals surface area contributed by atoms with Gasteiger partial charge in [-0.15, -0.1) is 0 Å². The van der Waals surface area contributed by atoms with Crippen molar-refractivity contribution in [3.8, 4) is 0 Å². The molecule has 1 aromatic carbocycles. The van der Waals surface area contributed by atoms with Crippen LogP contribution < -0.4 is 5.32 Å². The Morgan fingerprint density at radius 1 is 1.25 bits per heavy atom. The number of benzene rings is 1. The first kappa shape index (κ1) is 16.2. The number of Topliss-reactive ketones (excluding diaryl/α,β-unsaturated/α-hetero) is 1. The number of rotatable bonds is 6. The van der Waals surface area contributed by atoms with Gasteiger partial charge >= 0.3 is 0 Å². The maximum atomic E-state index is 13.4. The Morgan fingerprint density at radius 2 is 1.90 bits per heavy atom. The second-order valence-corrected chi connectivity index (χ2v) is 5.14. The van der Waals surface area contributed by atoms with E-state index in [4.69, 9.17) is 5.11 Å². The fraction of sp³-hybridized carbons (Fsp3) is 0.429. The van der Waals surface area contributed by atoms with Gasteiger partial charge in [0, 0.05) is 18.9 Å². The maximum absolute atomic E-state index is 13.4. The molecule has 20 heavy (non-hydrogen) atoms. The summed E-state index contributed by atoms with van der Waals surface area (Å²) >= 11 is 0. The Morgan fingerprint density at radius 3 is 2.45 bits per heavy atom. The van der Waals surface area contributed by atoms with Crippen molar-refractivity contribution in [3.05, 3.63) is 35.4 Å². The van der Waals surface area contributed by atoms with Crippen LogP contribution in [0.25, 0.3) is 0 Å². The molecule has 0 fully saturated rings. The molecule has 1 aromatic rings. The molecular formula is C14H17F2NO3. The number of ketones is 1. The molecule has 6 heteroatoms. The van der Waals surface area contributed by atoms with E-state index in [-0.39, 0.29) is 25.0 Å². The first-order valence-corrected chi connectivity index (χ1v) is 6.15. The summed E-state index contributed by atoms with van der Waals surface area (Å²) in [6.45, 7) is 3.03. The van der Waals surface area contributed by atoms with E-state index in [0.717, 1.165) is 12.1 Å². The standard InChI is InChI=1S/C14H17F2NO3/c1-14(2,8-18)17-13(20)6-5-12(19)10-4-3-9(15)7-11(10)16/h3-4,7,18H,5-6,8H2,1-2H3,(H,17,20). The van der Waals surface area contributed by atoms with E-state index >= 15 is 0 Å². The third-order valence-electron chi connectivity index (χ3n) is 2.68. The van der Waals surface area contributed by atoms with Crippen molar-refractivity contribution in [2.75, 3.05) is 6.61 Å². The highest BCUT2D eigenvalue weighted by Gasteiger charge is 2.20. The fourth-order valence-corrected chi connectivity index (χ4v) is 1.56. The summed E-state index contributed by atoms with van der Waals surface area (Å²) in [6.07, 6.45) is -0.311. The van der Waals surface area contributed by atoms with Gasteiger partial charge in [-0.05, 0) is 26.0 Å². The predicted molar refractivity (Wildman–Crippen MR) is 69.2 cm³/mol. The molecule has 0 aromatic heterocycles. The summed E-state index contributed by atoms with van der Waals surface area (Å²) in [4.78, 5) is 23.3. The lowest BCUT2D eigenvalue weighted by atomic mass is 10.0. The molecule has 4 nitrogen and oxygen atoms in total. The normalized spacial score (nSPS) is 11.2. The number of halogens is 2. The molecule has 0 bridgehead atoms. The number of carbonyl (C=O) groups is 2. The van der Waals surface area contributed by atoms with Crippen LogP contribution in [-0.2, 0) is 4.79 Å². The molecule has 0 radical (unpaired) electrons. The summed E-state index contributed by atoms with van der Waals surface area (Å²) in [6, 6.07) is 2.68. The van der Waals surface area contributed by atoms with Crippen LogP contribution in [0.5, 0.6) is 0 Å². The van der Waals surface area contributed by atoms with Crippen LogP contribution in [0.1, 0.15) is 37.0 Å². The second-order valence-electron chi connectivity index (χ2n) is 5.14. The van der Waals surface area contributed by atoms with Gasteiger partial charge in [-0.3, -0.25) is 9.59 Å². The highest BCUT2D eigenvalue weighted by Crippen LogP contribution is 2.13. The van der Waals surface area contributed by atoms with Crippen molar-refractivity contribution in [1.29, 1.82) is 0 Å². The first-order chi connectivity index (χ1) is 9.25. The Balaban J connectivity index is 2.57. The molecule has 0 aliphatic heterocycles. The SMILES string of the molecule is CC(C)(CO)NC(=O)CCC(=O)c1ccc(F)cc1F. The maximum Gasteiger partial charge on any atom is 0.220 e. The van der Waals surface area contributed by atoms with E-state index in [1.54, 1.807) is 13.8 Å². The van der Waals surface area contributed by atoms with Gasteiger partial charge in [0.1, 0.15) is 11.6 Å². The van der Waals surface area contributed by atoms with Crippen molar-refractivity contribution in [2.24, 2.45) is 0 Å². The molecule has 1 amide bonds. The van der Waals surface area contributed by atoms with Gasteiger partial charge in [0.25, 0.3) is 0 Å². The quantitative estimate of drug-likeness (QED) is 0.783. The van der Waals surface area contributed by atoms with Crippen molar-refractivity contribution in [3.63, 3.8) is 0 Å². The lowest BCUT2D eigenvalue weighted by Gasteiger charge is -2.23. The number of amides is 1. The zero-order valence-corrected chi connectivity index (χ0v) is 11.4. The number of nitrogens with one attached hydrogen (secondary N) is 1. The third-order valence-corrected chi connectivity index (χ3v) is 2.68. The number of hydrogen-bond acceptors (Lipinski definition) is 3. The molecule has 0 saturated carbocycles. The molecule has 0 aliphatic rings. The van der Waals surface area contributed by atoms with E-state index in [2.05, 4.69) is 5.32 Å². The third kappa shape index (κ3) is 4.70. The van der Waals surface area contributed by atoms with E-state index in [0.29, 0.717) is 6.07 Å². The first-order valence-electron chi connectivity index (χ1n) is 6.15. The highest BCUT2D eigenvalue weighted by atomic mass is 19.1. The number of aliphatic hydroxyl groups is 1. The number of hydrogen-bond donors (Lipinski definition) is 2.